The summed E-state index contributed by atoms with van der Waals surface area (Å²) in [6, 6.07) is 21.2. The molecule has 0 saturated heterocycles. The van der Waals surface area contributed by atoms with Crippen LogP contribution in [0.5, 0.6) is 11.5 Å². The van der Waals surface area contributed by atoms with Crippen molar-refractivity contribution in [2.45, 2.75) is 33.3 Å². The fourth-order valence-electron chi connectivity index (χ4n) is 5.07. The van der Waals surface area contributed by atoms with Crippen molar-refractivity contribution in [3.8, 4) is 11.5 Å². The minimum Gasteiger partial charge on any atom is -0.490 e. The number of aryl methyl sites for hydroxylation is 3. The van der Waals surface area contributed by atoms with Crippen molar-refractivity contribution in [2.75, 3.05) is 6.61 Å². The van der Waals surface area contributed by atoms with Crippen LogP contribution in [-0.2, 0) is 19.4 Å². The molecule has 37 heavy (non-hydrogen) atoms. The highest BCUT2D eigenvalue weighted by molar-refractivity contribution is 6.26. The topological polar surface area (TPSA) is 68.2 Å². The molecule has 1 aliphatic heterocycles. The second kappa shape index (κ2) is 9.21. The van der Waals surface area contributed by atoms with Gasteiger partial charge >= 0.3 is 0 Å². The molecule has 2 aliphatic rings. The fraction of sp³-hybridized carbons (Fsp3) is 0.194. The molecular weight excluding hydrogens is 464 g/mol. The Labute approximate surface area is 215 Å². The van der Waals surface area contributed by atoms with Gasteiger partial charge in [-0.15, -0.1) is 0 Å². The Morgan fingerprint density at radius 3 is 2.14 bits per heavy atom. The predicted octanol–water partition coefficient (Wildman–Crippen LogP) is 5.85. The highest BCUT2D eigenvalue weighted by Gasteiger charge is 2.35. The maximum absolute atomic E-state index is 13.3. The Hall–Kier alpha value is -4.45. The molecule has 1 heterocycles. The maximum Gasteiger partial charge on any atom is 0.282 e. The summed E-state index contributed by atoms with van der Waals surface area (Å²) in [5.74, 6) is 0.366. The number of carbonyl (C=O) groups excluding carboxylic acids is 2. The number of benzene rings is 4. The van der Waals surface area contributed by atoms with Gasteiger partial charge in [-0.3, -0.25) is 9.59 Å². The van der Waals surface area contributed by atoms with Gasteiger partial charge in [-0.05, 0) is 84.7 Å². The summed E-state index contributed by atoms with van der Waals surface area (Å²) in [7, 11) is 0. The molecule has 0 bridgehead atoms. The molecule has 6 heteroatoms. The lowest BCUT2D eigenvalue weighted by molar-refractivity contribution is 0.0616. The fourth-order valence-corrected chi connectivity index (χ4v) is 5.07. The minimum absolute atomic E-state index is 0.410. The molecule has 2 amide bonds. The Balaban J connectivity index is 1.26. The van der Waals surface area contributed by atoms with Crippen molar-refractivity contribution in [3.63, 3.8) is 0 Å². The van der Waals surface area contributed by atoms with Gasteiger partial charge < -0.3 is 9.47 Å². The molecule has 0 N–H and O–H groups in total. The Bertz CT molecular complexity index is 1530. The lowest BCUT2D eigenvalue weighted by atomic mass is 9.92. The van der Waals surface area contributed by atoms with E-state index >= 15 is 0 Å². The minimum atomic E-state index is -0.410. The van der Waals surface area contributed by atoms with Gasteiger partial charge in [-0.25, -0.2) is 0 Å². The van der Waals surface area contributed by atoms with Gasteiger partial charge in [-0.2, -0.15) is 10.1 Å². The summed E-state index contributed by atoms with van der Waals surface area (Å²) >= 11 is 0. The van der Waals surface area contributed by atoms with Crippen LogP contribution in [0.15, 0.2) is 71.8 Å². The van der Waals surface area contributed by atoms with Crippen LogP contribution in [0.25, 0.3) is 10.8 Å². The summed E-state index contributed by atoms with van der Waals surface area (Å²) in [5.41, 5.74) is 6.37. The Morgan fingerprint density at radius 1 is 0.811 bits per heavy atom. The zero-order chi connectivity index (χ0) is 25.5. The van der Waals surface area contributed by atoms with Crippen molar-refractivity contribution >= 4 is 28.8 Å². The molecule has 6 nitrogen and oxygen atoms in total. The second-order valence-corrected chi connectivity index (χ2v) is 9.37. The van der Waals surface area contributed by atoms with Gasteiger partial charge in [0.1, 0.15) is 6.61 Å². The van der Waals surface area contributed by atoms with Crippen molar-refractivity contribution in [1.82, 2.24) is 5.01 Å². The van der Waals surface area contributed by atoms with E-state index in [0.29, 0.717) is 41.4 Å². The van der Waals surface area contributed by atoms with E-state index < -0.39 is 11.8 Å². The molecule has 4 aromatic rings. The van der Waals surface area contributed by atoms with Crippen LogP contribution in [0.4, 0.5) is 0 Å². The van der Waals surface area contributed by atoms with E-state index in [4.69, 9.17) is 9.47 Å². The third-order valence-corrected chi connectivity index (χ3v) is 6.95. The molecule has 0 fully saturated rings. The molecule has 0 aromatic heterocycles. The summed E-state index contributed by atoms with van der Waals surface area (Å²) in [6.45, 7) is 4.84. The molecule has 6 rings (SSSR count). The first-order valence-electron chi connectivity index (χ1n) is 12.5. The molecule has 1 aliphatic carbocycles. The number of ether oxygens (including phenoxy) is 2. The molecule has 184 valence electrons. The van der Waals surface area contributed by atoms with Gasteiger partial charge in [0.2, 0.25) is 0 Å². The maximum atomic E-state index is 13.3. The van der Waals surface area contributed by atoms with Crippen LogP contribution in [0.2, 0.25) is 0 Å². The third-order valence-electron chi connectivity index (χ3n) is 6.95. The first-order chi connectivity index (χ1) is 18.0. The van der Waals surface area contributed by atoms with Crippen LogP contribution >= 0.6 is 0 Å². The number of carbonyl (C=O) groups is 2. The molecule has 0 unspecified atom stereocenters. The highest BCUT2D eigenvalue weighted by atomic mass is 16.5. The molecule has 4 aromatic carbocycles. The van der Waals surface area contributed by atoms with E-state index in [1.807, 2.05) is 62.4 Å². The number of amides is 2. The first kappa shape index (κ1) is 23.0. The lowest BCUT2D eigenvalue weighted by Crippen LogP contribution is -2.36. The first-order valence-corrected chi connectivity index (χ1v) is 12.5. The van der Waals surface area contributed by atoms with Crippen LogP contribution in [0, 0.1) is 6.92 Å². The summed E-state index contributed by atoms with van der Waals surface area (Å²) in [4.78, 5) is 26.6. The van der Waals surface area contributed by atoms with Crippen LogP contribution in [0.3, 0.4) is 0 Å². The standard InChI is InChI=1S/C31H26N2O4/c1-3-36-27-16-21(8-15-26(27)37-18-20-6-4-19(2)5-7-20)17-32-33-30(34)24-13-11-22-9-10-23-12-14-25(31(33)35)29(24)28(22)23/h4-8,11-17H,3,9-10,18H2,1-2H3/b32-17-. The average molecular weight is 491 g/mol. The lowest BCUT2D eigenvalue weighted by Gasteiger charge is -2.23. The number of hydrogen-bond acceptors (Lipinski definition) is 5. The number of hydrazone groups is 1. The van der Waals surface area contributed by atoms with Crippen molar-refractivity contribution < 1.29 is 19.1 Å². The zero-order valence-electron chi connectivity index (χ0n) is 20.8. The largest absolute Gasteiger partial charge is 0.490 e. The van der Waals surface area contributed by atoms with Crippen molar-refractivity contribution in [3.05, 3.63) is 106 Å². The monoisotopic (exact) mass is 490 g/mol. The quantitative estimate of drug-likeness (QED) is 0.241. The molecular formula is C31H26N2O4. The summed E-state index contributed by atoms with van der Waals surface area (Å²) in [5, 5.41) is 7.09. The van der Waals surface area contributed by atoms with Crippen molar-refractivity contribution in [2.24, 2.45) is 5.10 Å². The van der Waals surface area contributed by atoms with Crippen LogP contribution < -0.4 is 9.47 Å². The van der Waals surface area contributed by atoms with E-state index in [1.165, 1.54) is 22.9 Å². The van der Waals surface area contributed by atoms with Gasteiger partial charge in [0.05, 0.1) is 23.9 Å². The highest BCUT2D eigenvalue weighted by Crippen LogP contribution is 2.38. The van der Waals surface area contributed by atoms with E-state index in [0.717, 1.165) is 34.2 Å². The Morgan fingerprint density at radius 2 is 1.49 bits per heavy atom. The predicted molar refractivity (Wildman–Crippen MR) is 143 cm³/mol. The van der Waals surface area contributed by atoms with E-state index in [9.17, 15) is 9.59 Å². The van der Waals surface area contributed by atoms with Crippen LogP contribution in [0.1, 0.15) is 55.5 Å². The number of hydrogen-bond donors (Lipinski definition) is 0. The van der Waals surface area contributed by atoms with Crippen LogP contribution in [-0.4, -0.2) is 29.6 Å². The molecule has 0 spiro atoms. The number of rotatable bonds is 7. The summed E-state index contributed by atoms with van der Waals surface area (Å²) < 4.78 is 11.8. The smallest absolute Gasteiger partial charge is 0.282 e. The SMILES string of the molecule is CCOc1cc(/C=N\N2C(=O)c3ccc4c5c(ccc(c35)C2=O)CC4)ccc1OCc1ccc(C)cc1. The van der Waals surface area contributed by atoms with E-state index in [-0.39, 0.29) is 0 Å². The van der Waals surface area contributed by atoms with Gasteiger partial charge in [0.25, 0.3) is 11.8 Å². The molecule has 0 saturated carbocycles. The van der Waals surface area contributed by atoms with Gasteiger partial charge in [-0.1, -0.05) is 42.0 Å². The van der Waals surface area contributed by atoms with Crippen molar-refractivity contribution in [1.29, 1.82) is 0 Å². The molecule has 0 atom stereocenters. The number of nitrogens with zero attached hydrogens (tertiary/aromatic N) is 2. The van der Waals surface area contributed by atoms with Gasteiger partial charge in [0.15, 0.2) is 11.5 Å². The zero-order valence-corrected chi connectivity index (χ0v) is 20.8. The average Bonchev–Trinajstić information content (AvgIpc) is 3.34. The van der Waals surface area contributed by atoms with E-state index in [1.54, 1.807) is 6.07 Å². The Kier molecular flexibility index (Phi) is 5.72. The normalized spacial score (nSPS) is 14.2. The van der Waals surface area contributed by atoms with E-state index in [2.05, 4.69) is 17.2 Å². The second-order valence-electron chi connectivity index (χ2n) is 9.37. The number of imide groups is 1. The molecule has 0 radical (unpaired) electrons. The summed E-state index contributed by atoms with van der Waals surface area (Å²) in [6.07, 6.45) is 3.38. The third kappa shape index (κ3) is 4.04. The van der Waals surface area contributed by atoms with Gasteiger partial charge in [0, 0.05) is 5.39 Å².